The van der Waals surface area contributed by atoms with Crippen molar-refractivity contribution in [2.24, 2.45) is 17.6 Å². The highest BCUT2D eigenvalue weighted by atomic mass is 16.5. The number of hydrogen-bond donors (Lipinski definition) is 3. The second-order valence-corrected chi connectivity index (χ2v) is 9.79. The molecule has 1 aromatic heterocycles. The first-order valence-electron chi connectivity index (χ1n) is 12.8. The lowest BCUT2D eigenvalue weighted by molar-refractivity contribution is 0.133. The molecule has 0 radical (unpaired) electrons. The zero-order valence-corrected chi connectivity index (χ0v) is 21.4. The van der Waals surface area contributed by atoms with Crippen LogP contribution < -0.4 is 20.7 Å². The Morgan fingerprint density at radius 3 is 2.41 bits per heavy atom. The number of nitrogens with two attached hydrogens (primary N) is 1. The Balaban J connectivity index is 1.40. The SMILES string of the molecule is CCc1cnc(N2CCC(CCCOc3cc(C)c(C(O)NC[C@H](C)CN)c(C)c3)CC2)nc1. The van der Waals surface area contributed by atoms with E-state index >= 15 is 0 Å². The van der Waals surface area contributed by atoms with Crippen molar-refractivity contribution in [3.63, 3.8) is 0 Å². The van der Waals surface area contributed by atoms with Gasteiger partial charge >= 0.3 is 0 Å². The van der Waals surface area contributed by atoms with E-state index in [0.717, 1.165) is 66.8 Å². The first kappa shape index (κ1) is 26.4. The van der Waals surface area contributed by atoms with E-state index in [1.807, 2.05) is 38.4 Å². The standard InChI is InChI=1S/C27H43N5O2/c1-5-22-17-30-27(31-18-22)32-10-8-23(9-11-32)7-6-12-34-24-13-20(3)25(21(4)14-24)26(33)29-16-19(2)15-28/h13-14,17-19,23,26,29,33H,5-12,15-16,28H2,1-4H3/t19-,26?/m1/s1. The fourth-order valence-corrected chi connectivity index (χ4v) is 4.63. The van der Waals surface area contributed by atoms with Gasteiger partial charge in [-0.15, -0.1) is 0 Å². The van der Waals surface area contributed by atoms with Crippen LogP contribution in [0.15, 0.2) is 24.5 Å². The Morgan fingerprint density at radius 1 is 1.18 bits per heavy atom. The fourth-order valence-electron chi connectivity index (χ4n) is 4.63. The number of piperidine rings is 1. The highest BCUT2D eigenvalue weighted by Crippen LogP contribution is 2.27. The summed E-state index contributed by atoms with van der Waals surface area (Å²) >= 11 is 0. The molecule has 34 heavy (non-hydrogen) atoms. The summed E-state index contributed by atoms with van der Waals surface area (Å²) in [5, 5.41) is 13.8. The van der Waals surface area contributed by atoms with Gasteiger partial charge in [0.25, 0.3) is 0 Å². The van der Waals surface area contributed by atoms with Crippen LogP contribution in [0.5, 0.6) is 5.75 Å². The lowest BCUT2D eigenvalue weighted by Gasteiger charge is -2.32. The van der Waals surface area contributed by atoms with Crippen molar-refractivity contribution in [1.82, 2.24) is 15.3 Å². The van der Waals surface area contributed by atoms with Crippen LogP contribution in [0.25, 0.3) is 0 Å². The number of aliphatic hydroxyl groups excluding tert-OH is 1. The highest BCUT2D eigenvalue weighted by Gasteiger charge is 2.21. The number of ether oxygens (including phenoxy) is 1. The molecule has 1 fully saturated rings. The minimum atomic E-state index is -0.691. The van der Waals surface area contributed by atoms with Crippen molar-refractivity contribution in [3.8, 4) is 5.75 Å². The number of nitrogens with one attached hydrogen (secondary N) is 1. The van der Waals surface area contributed by atoms with E-state index in [0.29, 0.717) is 19.0 Å². The van der Waals surface area contributed by atoms with Crippen LogP contribution >= 0.6 is 0 Å². The van der Waals surface area contributed by atoms with Gasteiger partial charge in [-0.3, -0.25) is 5.32 Å². The quantitative estimate of drug-likeness (QED) is 0.320. The van der Waals surface area contributed by atoms with Gasteiger partial charge in [0.2, 0.25) is 5.95 Å². The molecule has 1 aromatic carbocycles. The van der Waals surface area contributed by atoms with Gasteiger partial charge in [-0.1, -0.05) is 13.8 Å². The van der Waals surface area contributed by atoms with Crippen molar-refractivity contribution in [2.75, 3.05) is 37.7 Å². The van der Waals surface area contributed by atoms with E-state index < -0.39 is 6.23 Å². The number of aromatic nitrogens is 2. The molecule has 0 amide bonds. The molecule has 4 N–H and O–H groups in total. The predicted molar refractivity (Wildman–Crippen MR) is 138 cm³/mol. The van der Waals surface area contributed by atoms with E-state index in [1.54, 1.807) is 0 Å². The summed E-state index contributed by atoms with van der Waals surface area (Å²) in [6, 6.07) is 4.06. The van der Waals surface area contributed by atoms with Gasteiger partial charge in [0.1, 0.15) is 12.0 Å². The molecule has 2 heterocycles. The monoisotopic (exact) mass is 469 g/mol. The van der Waals surface area contributed by atoms with Crippen LogP contribution in [0.3, 0.4) is 0 Å². The van der Waals surface area contributed by atoms with Gasteiger partial charge in [0.15, 0.2) is 0 Å². The van der Waals surface area contributed by atoms with Crippen LogP contribution in [-0.2, 0) is 6.42 Å². The van der Waals surface area contributed by atoms with E-state index in [-0.39, 0.29) is 0 Å². The average molecular weight is 470 g/mol. The Labute approximate surface area is 205 Å². The number of nitrogens with zero attached hydrogens (tertiary/aromatic N) is 3. The normalized spacial score (nSPS) is 16.5. The molecule has 3 rings (SSSR count). The number of benzene rings is 1. The van der Waals surface area contributed by atoms with Crippen molar-refractivity contribution >= 4 is 5.95 Å². The molecule has 7 nitrogen and oxygen atoms in total. The molecule has 0 spiro atoms. The maximum atomic E-state index is 10.6. The van der Waals surface area contributed by atoms with Crippen LogP contribution in [0, 0.1) is 25.7 Å². The highest BCUT2D eigenvalue weighted by molar-refractivity contribution is 5.42. The third-order valence-corrected chi connectivity index (χ3v) is 6.93. The summed E-state index contributed by atoms with van der Waals surface area (Å²) in [6.07, 6.45) is 8.77. The molecule has 0 bridgehead atoms. The smallest absolute Gasteiger partial charge is 0.225 e. The molecule has 1 aliphatic heterocycles. The third-order valence-electron chi connectivity index (χ3n) is 6.93. The lowest BCUT2D eigenvalue weighted by Crippen LogP contribution is -2.35. The van der Waals surface area contributed by atoms with E-state index in [2.05, 4.69) is 34.0 Å². The summed E-state index contributed by atoms with van der Waals surface area (Å²) in [7, 11) is 0. The van der Waals surface area contributed by atoms with Crippen LogP contribution in [-0.4, -0.2) is 47.9 Å². The minimum Gasteiger partial charge on any atom is -0.494 e. The van der Waals surface area contributed by atoms with Gasteiger partial charge in [-0.2, -0.15) is 0 Å². The van der Waals surface area contributed by atoms with Gasteiger partial charge in [-0.05, 0) is 93.2 Å². The maximum Gasteiger partial charge on any atom is 0.225 e. The first-order chi connectivity index (χ1) is 16.4. The maximum absolute atomic E-state index is 10.6. The second kappa shape index (κ2) is 13.0. The molecular formula is C27H43N5O2. The molecular weight excluding hydrogens is 426 g/mol. The number of hydrogen-bond acceptors (Lipinski definition) is 7. The molecule has 1 aliphatic rings. The van der Waals surface area contributed by atoms with Crippen molar-refractivity contribution in [2.45, 2.75) is 66.0 Å². The third kappa shape index (κ3) is 7.39. The Kier molecular flexibility index (Phi) is 10.1. The molecule has 1 saturated heterocycles. The van der Waals surface area contributed by atoms with Crippen LogP contribution in [0.4, 0.5) is 5.95 Å². The van der Waals surface area contributed by atoms with Crippen LogP contribution in [0.1, 0.15) is 68.0 Å². The molecule has 0 saturated carbocycles. The molecule has 0 aliphatic carbocycles. The number of aliphatic hydroxyl groups is 1. The predicted octanol–water partition coefficient (Wildman–Crippen LogP) is 3.91. The fraction of sp³-hybridized carbons (Fsp3) is 0.630. The van der Waals surface area contributed by atoms with E-state index in [9.17, 15) is 5.11 Å². The number of rotatable bonds is 12. The van der Waals surface area contributed by atoms with E-state index in [4.69, 9.17) is 10.5 Å². The van der Waals surface area contributed by atoms with Gasteiger partial charge in [0, 0.05) is 37.6 Å². The topological polar surface area (TPSA) is 96.5 Å². The molecule has 188 valence electrons. The van der Waals surface area contributed by atoms with E-state index in [1.165, 1.54) is 24.8 Å². The lowest BCUT2D eigenvalue weighted by atomic mass is 9.92. The molecule has 1 unspecified atom stereocenters. The van der Waals surface area contributed by atoms with Gasteiger partial charge in [-0.25, -0.2) is 9.97 Å². The second-order valence-electron chi connectivity index (χ2n) is 9.79. The summed E-state index contributed by atoms with van der Waals surface area (Å²) in [4.78, 5) is 11.4. The minimum absolute atomic E-state index is 0.325. The summed E-state index contributed by atoms with van der Waals surface area (Å²) in [6.45, 7) is 12.3. The summed E-state index contributed by atoms with van der Waals surface area (Å²) in [5.41, 5.74) is 9.86. The Hall–Kier alpha value is -2.22. The summed E-state index contributed by atoms with van der Waals surface area (Å²) in [5.74, 6) is 2.80. The number of aryl methyl sites for hydroxylation is 3. The zero-order valence-electron chi connectivity index (χ0n) is 21.4. The Morgan fingerprint density at radius 2 is 1.82 bits per heavy atom. The molecule has 2 aromatic rings. The Bertz CT molecular complexity index is 858. The molecule has 7 heteroatoms. The molecule has 2 atom stereocenters. The average Bonchev–Trinajstić information content (AvgIpc) is 2.85. The first-order valence-corrected chi connectivity index (χ1v) is 12.8. The van der Waals surface area contributed by atoms with Crippen LogP contribution in [0.2, 0.25) is 0 Å². The summed E-state index contributed by atoms with van der Waals surface area (Å²) < 4.78 is 6.07. The van der Waals surface area contributed by atoms with Gasteiger partial charge in [0.05, 0.1) is 6.61 Å². The van der Waals surface area contributed by atoms with Crippen molar-refractivity contribution < 1.29 is 9.84 Å². The van der Waals surface area contributed by atoms with Gasteiger partial charge < -0.3 is 20.5 Å². The largest absolute Gasteiger partial charge is 0.494 e. The van der Waals surface area contributed by atoms with Crippen molar-refractivity contribution in [1.29, 1.82) is 0 Å². The number of anilines is 1. The zero-order chi connectivity index (χ0) is 24.5. The van der Waals surface area contributed by atoms with Crippen molar-refractivity contribution in [3.05, 3.63) is 46.8 Å².